The molecule has 7 heteroatoms. The number of amides is 1. The van der Waals surface area contributed by atoms with Gasteiger partial charge in [0.25, 0.3) is 0 Å². The summed E-state index contributed by atoms with van der Waals surface area (Å²) in [6.45, 7) is 7.66. The van der Waals surface area contributed by atoms with Gasteiger partial charge in [0, 0.05) is 30.0 Å². The Labute approximate surface area is 175 Å². The van der Waals surface area contributed by atoms with Gasteiger partial charge >= 0.3 is 6.09 Å². The van der Waals surface area contributed by atoms with Crippen LogP contribution >= 0.6 is 15.9 Å². The third-order valence-corrected chi connectivity index (χ3v) is 6.21. The number of rotatable bonds is 3. The molecular formula is C21H27BrN4O2. The van der Waals surface area contributed by atoms with Gasteiger partial charge < -0.3 is 14.5 Å². The summed E-state index contributed by atoms with van der Waals surface area (Å²) >= 11 is 3.59. The molecule has 1 atom stereocenters. The van der Waals surface area contributed by atoms with Crippen molar-refractivity contribution in [3.05, 3.63) is 21.8 Å². The highest BCUT2D eigenvalue weighted by Gasteiger charge is 2.43. The van der Waals surface area contributed by atoms with Crippen molar-refractivity contribution in [3.63, 3.8) is 0 Å². The molecular weight excluding hydrogens is 420 g/mol. The van der Waals surface area contributed by atoms with Crippen LogP contribution in [0.2, 0.25) is 0 Å². The van der Waals surface area contributed by atoms with Gasteiger partial charge in [-0.05, 0) is 74.4 Å². The fraction of sp³-hybridized carbons (Fsp3) is 0.667. The molecule has 1 aliphatic heterocycles. The van der Waals surface area contributed by atoms with Crippen LogP contribution < -0.4 is 4.90 Å². The molecule has 0 spiro atoms. The van der Waals surface area contributed by atoms with E-state index in [0.29, 0.717) is 37.0 Å². The van der Waals surface area contributed by atoms with Crippen LogP contribution in [-0.2, 0) is 4.74 Å². The lowest BCUT2D eigenvalue weighted by Crippen LogP contribution is -2.57. The topological polar surface area (TPSA) is 69.5 Å². The zero-order valence-electron chi connectivity index (χ0n) is 16.7. The molecule has 0 aromatic carbocycles. The van der Waals surface area contributed by atoms with Crippen LogP contribution in [0.4, 0.5) is 10.6 Å². The number of aromatic nitrogens is 1. The highest BCUT2D eigenvalue weighted by Crippen LogP contribution is 2.44. The Hall–Kier alpha value is -1.81. The first-order valence-corrected chi connectivity index (χ1v) is 10.9. The average molecular weight is 447 g/mol. The fourth-order valence-corrected chi connectivity index (χ4v) is 4.53. The van der Waals surface area contributed by atoms with Crippen LogP contribution in [0.15, 0.2) is 10.5 Å². The number of carbonyl (C=O) groups is 1. The van der Waals surface area contributed by atoms with E-state index in [4.69, 9.17) is 9.72 Å². The van der Waals surface area contributed by atoms with Crippen molar-refractivity contribution < 1.29 is 9.53 Å². The number of pyridine rings is 1. The summed E-state index contributed by atoms with van der Waals surface area (Å²) < 4.78 is 6.57. The molecule has 28 heavy (non-hydrogen) atoms. The Morgan fingerprint density at radius 3 is 2.57 bits per heavy atom. The van der Waals surface area contributed by atoms with Gasteiger partial charge in [0.15, 0.2) is 0 Å². The third-order valence-electron chi connectivity index (χ3n) is 5.58. The Morgan fingerprint density at radius 1 is 1.29 bits per heavy atom. The summed E-state index contributed by atoms with van der Waals surface area (Å²) in [4.78, 5) is 21.7. The predicted octanol–water partition coefficient (Wildman–Crippen LogP) is 4.43. The highest BCUT2D eigenvalue weighted by molar-refractivity contribution is 9.10. The van der Waals surface area contributed by atoms with Gasteiger partial charge in [-0.2, -0.15) is 5.26 Å². The maximum absolute atomic E-state index is 12.7. The lowest BCUT2D eigenvalue weighted by Gasteiger charge is -2.42. The minimum Gasteiger partial charge on any atom is -0.444 e. The molecule has 3 aliphatic rings. The van der Waals surface area contributed by atoms with Crippen molar-refractivity contribution >= 4 is 27.8 Å². The van der Waals surface area contributed by atoms with Gasteiger partial charge in [0.05, 0.1) is 17.3 Å². The van der Waals surface area contributed by atoms with Crippen molar-refractivity contribution in [1.29, 1.82) is 5.26 Å². The van der Waals surface area contributed by atoms with E-state index in [1.807, 2.05) is 31.7 Å². The Morgan fingerprint density at radius 2 is 2.00 bits per heavy atom. The lowest BCUT2D eigenvalue weighted by molar-refractivity contribution is 0.0116. The Kier molecular flexibility index (Phi) is 5.03. The maximum atomic E-state index is 12.7. The number of anilines is 1. The minimum atomic E-state index is -0.497. The molecule has 4 rings (SSSR count). The molecule has 2 aliphatic carbocycles. The molecule has 3 fully saturated rings. The summed E-state index contributed by atoms with van der Waals surface area (Å²) in [6, 6.07) is 4.33. The molecule has 1 aromatic heterocycles. The molecule has 1 aromatic rings. The van der Waals surface area contributed by atoms with Gasteiger partial charge in [-0.3, -0.25) is 0 Å². The number of carbonyl (C=O) groups excluding carboxylic acids is 1. The average Bonchev–Trinajstić information content (AvgIpc) is 3.52. The molecule has 2 saturated carbocycles. The maximum Gasteiger partial charge on any atom is 0.410 e. The van der Waals surface area contributed by atoms with E-state index in [1.165, 1.54) is 0 Å². The van der Waals surface area contributed by atoms with E-state index in [-0.39, 0.29) is 12.1 Å². The van der Waals surface area contributed by atoms with Crippen molar-refractivity contribution in [3.8, 4) is 6.07 Å². The van der Waals surface area contributed by atoms with Gasteiger partial charge in [-0.1, -0.05) is 0 Å². The van der Waals surface area contributed by atoms with Crippen molar-refractivity contribution in [1.82, 2.24) is 9.88 Å². The fourth-order valence-electron chi connectivity index (χ4n) is 3.89. The largest absolute Gasteiger partial charge is 0.444 e. The first-order chi connectivity index (χ1) is 13.3. The van der Waals surface area contributed by atoms with Gasteiger partial charge in [0.1, 0.15) is 17.5 Å². The SMILES string of the molecule is CC(C)(C)OC(=O)N1CCN(c2nc(C3CC3)c(Br)cc2C#N)CC1C1CC1. The molecule has 0 bridgehead atoms. The summed E-state index contributed by atoms with van der Waals surface area (Å²) in [5.41, 5.74) is 1.16. The molecule has 0 N–H and O–H groups in total. The highest BCUT2D eigenvalue weighted by atomic mass is 79.9. The second-order valence-corrected chi connectivity index (χ2v) is 9.99. The van der Waals surface area contributed by atoms with E-state index in [9.17, 15) is 10.1 Å². The van der Waals surface area contributed by atoms with Crippen molar-refractivity contribution in [2.75, 3.05) is 24.5 Å². The lowest BCUT2D eigenvalue weighted by atomic mass is 10.1. The van der Waals surface area contributed by atoms with E-state index >= 15 is 0 Å². The summed E-state index contributed by atoms with van der Waals surface area (Å²) in [6.07, 6.45) is 4.38. The van der Waals surface area contributed by atoms with Crippen LogP contribution in [0, 0.1) is 17.2 Å². The van der Waals surface area contributed by atoms with Crippen molar-refractivity contribution in [2.24, 2.45) is 5.92 Å². The monoisotopic (exact) mass is 446 g/mol. The third kappa shape index (κ3) is 4.12. The Balaban J connectivity index is 1.57. The molecule has 1 amide bonds. The van der Waals surface area contributed by atoms with Crippen molar-refractivity contribution in [2.45, 2.75) is 64.0 Å². The van der Waals surface area contributed by atoms with Crippen LogP contribution in [0.5, 0.6) is 0 Å². The quantitative estimate of drug-likeness (QED) is 0.686. The molecule has 1 saturated heterocycles. The second kappa shape index (κ2) is 7.22. The number of halogens is 1. The molecule has 0 radical (unpaired) electrons. The minimum absolute atomic E-state index is 0.116. The number of nitrogens with zero attached hydrogens (tertiary/aromatic N) is 4. The molecule has 2 heterocycles. The van der Waals surface area contributed by atoms with E-state index in [2.05, 4.69) is 26.9 Å². The second-order valence-electron chi connectivity index (χ2n) is 9.14. The number of piperazine rings is 1. The first kappa shape index (κ1) is 19.5. The molecule has 6 nitrogen and oxygen atoms in total. The van der Waals surface area contributed by atoms with E-state index in [0.717, 1.165) is 41.7 Å². The van der Waals surface area contributed by atoms with Gasteiger partial charge in [-0.15, -0.1) is 0 Å². The molecule has 1 unspecified atom stereocenters. The van der Waals surface area contributed by atoms with E-state index in [1.54, 1.807) is 0 Å². The first-order valence-electron chi connectivity index (χ1n) is 10.1. The number of nitriles is 1. The van der Waals surface area contributed by atoms with E-state index < -0.39 is 5.60 Å². The van der Waals surface area contributed by atoms with Crippen LogP contribution in [-0.4, -0.2) is 47.3 Å². The van der Waals surface area contributed by atoms with Gasteiger partial charge in [-0.25, -0.2) is 9.78 Å². The van der Waals surface area contributed by atoms with Crippen LogP contribution in [0.3, 0.4) is 0 Å². The summed E-state index contributed by atoms with van der Waals surface area (Å²) in [5, 5.41) is 9.65. The zero-order chi connectivity index (χ0) is 20.1. The number of ether oxygens (including phenoxy) is 1. The molecule has 150 valence electrons. The van der Waals surface area contributed by atoms with Crippen LogP contribution in [0.25, 0.3) is 0 Å². The number of hydrogen-bond acceptors (Lipinski definition) is 5. The van der Waals surface area contributed by atoms with Gasteiger partial charge in [0.2, 0.25) is 0 Å². The smallest absolute Gasteiger partial charge is 0.410 e. The summed E-state index contributed by atoms with van der Waals surface area (Å²) in [5.74, 6) is 1.78. The normalized spacial score (nSPS) is 22.8. The summed E-state index contributed by atoms with van der Waals surface area (Å²) in [7, 11) is 0. The Bertz CT molecular complexity index is 821. The van der Waals surface area contributed by atoms with Crippen LogP contribution in [0.1, 0.15) is 63.6 Å². The number of hydrogen-bond donors (Lipinski definition) is 0. The zero-order valence-corrected chi connectivity index (χ0v) is 18.3. The predicted molar refractivity (Wildman–Crippen MR) is 110 cm³/mol. The standard InChI is InChI=1S/C21H27BrN4O2/c1-21(2,3)28-20(27)26-9-8-25(12-17(26)13-4-5-13)19-15(11-23)10-16(22)18(24-19)14-6-7-14/h10,13-14,17H,4-9,12H2,1-3H3.